The summed E-state index contributed by atoms with van der Waals surface area (Å²) in [4.78, 5) is 0. The molecule has 2 aromatic rings. The molecule has 6 heteroatoms. The van der Waals surface area contributed by atoms with Crippen molar-refractivity contribution in [3.8, 4) is 5.75 Å². The van der Waals surface area contributed by atoms with Gasteiger partial charge in [0.15, 0.2) is 0 Å². The Balaban J connectivity index is 2.45. The lowest BCUT2D eigenvalue weighted by Crippen LogP contribution is -2.00. The first-order valence-corrected chi connectivity index (χ1v) is 6.59. The van der Waals surface area contributed by atoms with Gasteiger partial charge >= 0.3 is 0 Å². The van der Waals surface area contributed by atoms with Crippen LogP contribution in [-0.2, 0) is 0 Å². The standard InChI is InChI=1S/C15H15ClF2N2O/c1-8-5-13(14(21-2)7-11(8)16)20-12-4-3-9(19)6-10(12)15(17)18/h3-7,15,20H,19H2,1-2H3. The summed E-state index contributed by atoms with van der Waals surface area (Å²) in [6.07, 6.45) is -2.63. The maximum Gasteiger partial charge on any atom is 0.265 e. The van der Waals surface area contributed by atoms with E-state index >= 15 is 0 Å². The van der Waals surface area contributed by atoms with Crippen molar-refractivity contribution in [2.45, 2.75) is 13.3 Å². The van der Waals surface area contributed by atoms with E-state index < -0.39 is 6.43 Å². The number of alkyl halides is 2. The van der Waals surface area contributed by atoms with E-state index in [2.05, 4.69) is 5.32 Å². The van der Waals surface area contributed by atoms with E-state index in [4.69, 9.17) is 22.1 Å². The van der Waals surface area contributed by atoms with Crippen molar-refractivity contribution in [1.29, 1.82) is 0 Å². The zero-order valence-electron chi connectivity index (χ0n) is 11.6. The van der Waals surface area contributed by atoms with Crippen LogP contribution in [-0.4, -0.2) is 7.11 Å². The van der Waals surface area contributed by atoms with Gasteiger partial charge in [0.25, 0.3) is 6.43 Å². The van der Waals surface area contributed by atoms with E-state index in [0.29, 0.717) is 16.5 Å². The molecular formula is C15H15ClF2N2O. The molecule has 0 amide bonds. The number of aryl methyl sites for hydroxylation is 1. The second-order valence-electron chi connectivity index (χ2n) is 4.57. The van der Waals surface area contributed by atoms with Gasteiger partial charge < -0.3 is 15.8 Å². The number of rotatable bonds is 4. The van der Waals surface area contributed by atoms with Crippen molar-refractivity contribution in [3.63, 3.8) is 0 Å². The van der Waals surface area contributed by atoms with Crippen molar-refractivity contribution in [1.82, 2.24) is 0 Å². The van der Waals surface area contributed by atoms with Gasteiger partial charge in [-0.05, 0) is 36.8 Å². The smallest absolute Gasteiger partial charge is 0.265 e. The van der Waals surface area contributed by atoms with Gasteiger partial charge in [-0.3, -0.25) is 0 Å². The lowest BCUT2D eigenvalue weighted by Gasteiger charge is -2.16. The number of hydrogen-bond acceptors (Lipinski definition) is 3. The maximum atomic E-state index is 13.1. The average Bonchev–Trinajstić information content (AvgIpc) is 2.44. The van der Waals surface area contributed by atoms with Crippen LogP contribution in [0.3, 0.4) is 0 Å². The number of nitrogen functional groups attached to an aromatic ring is 1. The van der Waals surface area contributed by atoms with Gasteiger partial charge in [-0.1, -0.05) is 11.6 Å². The summed E-state index contributed by atoms with van der Waals surface area (Å²) in [7, 11) is 1.49. The van der Waals surface area contributed by atoms with Gasteiger partial charge in [0.2, 0.25) is 0 Å². The molecule has 2 aromatic carbocycles. The van der Waals surface area contributed by atoms with Gasteiger partial charge in [-0.2, -0.15) is 0 Å². The quantitative estimate of drug-likeness (QED) is 0.788. The predicted molar refractivity (Wildman–Crippen MR) is 81.8 cm³/mol. The highest BCUT2D eigenvalue weighted by Gasteiger charge is 2.15. The maximum absolute atomic E-state index is 13.1. The summed E-state index contributed by atoms with van der Waals surface area (Å²) >= 11 is 6.03. The minimum Gasteiger partial charge on any atom is -0.495 e. The van der Waals surface area contributed by atoms with Crippen LogP contribution in [0.25, 0.3) is 0 Å². The lowest BCUT2D eigenvalue weighted by atomic mass is 10.1. The van der Waals surface area contributed by atoms with Crippen LogP contribution in [0.2, 0.25) is 5.02 Å². The minimum atomic E-state index is -2.63. The molecule has 112 valence electrons. The molecule has 0 saturated carbocycles. The Morgan fingerprint density at radius 3 is 2.52 bits per heavy atom. The van der Waals surface area contributed by atoms with E-state index in [1.807, 2.05) is 6.92 Å². The lowest BCUT2D eigenvalue weighted by molar-refractivity contribution is 0.152. The van der Waals surface area contributed by atoms with E-state index in [-0.39, 0.29) is 16.9 Å². The first kappa shape index (κ1) is 15.4. The van der Waals surface area contributed by atoms with E-state index in [0.717, 1.165) is 5.56 Å². The van der Waals surface area contributed by atoms with Gasteiger partial charge in [0, 0.05) is 28.0 Å². The molecule has 0 aliphatic heterocycles. The molecule has 0 fully saturated rings. The van der Waals surface area contributed by atoms with Gasteiger partial charge in [0.1, 0.15) is 5.75 Å². The number of hydrogen-bond donors (Lipinski definition) is 2. The summed E-state index contributed by atoms with van der Waals surface area (Å²) in [5, 5.41) is 3.49. The number of nitrogens with one attached hydrogen (secondary N) is 1. The Bertz CT molecular complexity index is 662. The van der Waals surface area contributed by atoms with E-state index in [1.54, 1.807) is 18.2 Å². The van der Waals surface area contributed by atoms with Crippen LogP contribution in [0, 0.1) is 6.92 Å². The topological polar surface area (TPSA) is 47.3 Å². The largest absolute Gasteiger partial charge is 0.495 e. The molecule has 3 nitrogen and oxygen atoms in total. The molecule has 0 aliphatic rings. The monoisotopic (exact) mass is 312 g/mol. The molecule has 0 aliphatic carbocycles. The SMILES string of the molecule is COc1cc(Cl)c(C)cc1Nc1ccc(N)cc1C(F)F. The van der Waals surface area contributed by atoms with Crippen LogP contribution >= 0.6 is 11.6 Å². The molecule has 0 bridgehead atoms. The van der Waals surface area contributed by atoms with Crippen LogP contribution in [0.1, 0.15) is 17.6 Å². The third kappa shape index (κ3) is 3.36. The number of anilines is 3. The summed E-state index contributed by atoms with van der Waals surface area (Å²) in [6.45, 7) is 1.82. The summed E-state index contributed by atoms with van der Waals surface area (Å²) in [5.74, 6) is 0.475. The summed E-state index contributed by atoms with van der Waals surface area (Å²) < 4.78 is 31.4. The second kappa shape index (κ2) is 6.18. The summed E-state index contributed by atoms with van der Waals surface area (Å²) in [6, 6.07) is 7.71. The average molecular weight is 313 g/mol. The number of nitrogens with two attached hydrogens (primary N) is 1. The molecule has 0 saturated heterocycles. The predicted octanol–water partition coefficient (Wildman–Crippen LogP) is 4.92. The highest BCUT2D eigenvalue weighted by atomic mass is 35.5. The van der Waals surface area contributed by atoms with Crippen LogP contribution in [0.4, 0.5) is 25.8 Å². The molecule has 0 aromatic heterocycles. The van der Waals surface area contributed by atoms with Crippen molar-refractivity contribution < 1.29 is 13.5 Å². The Kier molecular flexibility index (Phi) is 4.53. The molecule has 0 spiro atoms. The van der Waals surface area contributed by atoms with Crippen LogP contribution < -0.4 is 15.8 Å². The molecule has 0 heterocycles. The second-order valence-corrected chi connectivity index (χ2v) is 4.98. The third-order valence-electron chi connectivity index (χ3n) is 3.06. The molecule has 21 heavy (non-hydrogen) atoms. The zero-order valence-corrected chi connectivity index (χ0v) is 12.3. The molecular weight excluding hydrogens is 298 g/mol. The third-order valence-corrected chi connectivity index (χ3v) is 3.47. The zero-order chi connectivity index (χ0) is 15.6. The Hall–Kier alpha value is -2.01. The van der Waals surface area contributed by atoms with Gasteiger partial charge in [0.05, 0.1) is 12.8 Å². The van der Waals surface area contributed by atoms with Crippen molar-refractivity contribution in [2.75, 3.05) is 18.2 Å². The Labute approximate surface area is 126 Å². The first-order chi connectivity index (χ1) is 9.92. The number of halogens is 3. The fraction of sp³-hybridized carbons (Fsp3) is 0.200. The van der Waals surface area contributed by atoms with Gasteiger partial charge in [-0.15, -0.1) is 0 Å². The highest BCUT2D eigenvalue weighted by Crippen LogP contribution is 2.36. The Morgan fingerprint density at radius 1 is 1.19 bits per heavy atom. The van der Waals surface area contributed by atoms with Crippen molar-refractivity contribution in [2.24, 2.45) is 0 Å². The van der Waals surface area contributed by atoms with Crippen LogP contribution in [0.15, 0.2) is 30.3 Å². The molecule has 0 unspecified atom stereocenters. The number of methoxy groups -OCH3 is 1. The fourth-order valence-electron chi connectivity index (χ4n) is 1.95. The highest BCUT2D eigenvalue weighted by molar-refractivity contribution is 6.31. The molecule has 2 rings (SSSR count). The van der Waals surface area contributed by atoms with Crippen molar-refractivity contribution in [3.05, 3.63) is 46.5 Å². The fourth-order valence-corrected chi connectivity index (χ4v) is 2.10. The number of benzene rings is 2. The normalized spacial score (nSPS) is 10.8. The van der Waals surface area contributed by atoms with Crippen LogP contribution in [0.5, 0.6) is 5.75 Å². The van der Waals surface area contributed by atoms with E-state index in [9.17, 15) is 8.78 Å². The van der Waals surface area contributed by atoms with E-state index in [1.165, 1.54) is 19.2 Å². The summed E-state index contributed by atoms with van der Waals surface area (Å²) in [5.41, 5.74) is 7.33. The van der Waals surface area contributed by atoms with Crippen molar-refractivity contribution >= 4 is 28.7 Å². The first-order valence-electron chi connectivity index (χ1n) is 6.21. The van der Waals surface area contributed by atoms with Gasteiger partial charge in [-0.25, -0.2) is 8.78 Å². The Morgan fingerprint density at radius 2 is 1.90 bits per heavy atom. The minimum absolute atomic E-state index is 0.162. The molecule has 3 N–H and O–H groups in total. The molecule has 0 atom stereocenters. The number of ether oxygens (including phenoxy) is 1. The molecule has 0 radical (unpaired) electrons.